The second kappa shape index (κ2) is 8.73. The van der Waals surface area contributed by atoms with Crippen molar-refractivity contribution in [1.82, 2.24) is 9.88 Å². The highest BCUT2D eigenvalue weighted by molar-refractivity contribution is 6.00. The number of rotatable bonds is 5. The molecule has 8 heteroatoms. The predicted octanol–water partition coefficient (Wildman–Crippen LogP) is 4.66. The third-order valence-electron chi connectivity index (χ3n) is 5.15. The van der Waals surface area contributed by atoms with Crippen molar-refractivity contribution < 1.29 is 22.7 Å². The molecule has 3 rings (SSSR count). The average Bonchev–Trinajstić information content (AvgIpc) is 2.67. The summed E-state index contributed by atoms with van der Waals surface area (Å²) >= 11 is 0. The van der Waals surface area contributed by atoms with Crippen LogP contribution in [0.1, 0.15) is 24.7 Å². The van der Waals surface area contributed by atoms with E-state index in [2.05, 4.69) is 16.9 Å². The lowest BCUT2D eigenvalue weighted by molar-refractivity contribution is -0.0688. The summed E-state index contributed by atoms with van der Waals surface area (Å²) in [6.07, 6.45) is -3.05. The summed E-state index contributed by atoms with van der Waals surface area (Å²) in [6, 6.07) is 6.07. The first kappa shape index (κ1) is 22.2. The highest BCUT2D eigenvalue weighted by atomic mass is 19.4. The van der Waals surface area contributed by atoms with Crippen LogP contribution in [0.2, 0.25) is 0 Å². The number of nitrogens with one attached hydrogen (secondary N) is 1. The molecule has 1 aliphatic heterocycles. The highest BCUT2D eigenvalue weighted by Gasteiger charge is 2.35. The van der Waals surface area contributed by atoms with Crippen molar-refractivity contribution in [1.29, 1.82) is 0 Å². The molecule has 0 spiro atoms. The first-order chi connectivity index (χ1) is 14.1. The fourth-order valence-corrected chi connectivity index (χ4v) is 3.53. The van der Waals surface area contributed by atoms with Crippen LogP contribution in [0.3, 0.4) is 0 Å². The molecular formula is C22H25F4N3O. The van der Waals surface area contributed by atoms with Crippen molar-refractivity contribution in [3.05, 3.63) is 48.3 Å². The van der Waals surface area contributed by atoms with Crippen LogP contribution >= 0.6 is 0 Å². The molecule has 1 aromatic carbocycles. The molecule has 0 saturated carbocycles. The van der Waals surface area contributed by atoms with Gasteiger partial charge >= 0.3 is 6.18 Å². The first-order valence-corrected chi connectivity index (χ1v) is 9.72. The van der Waals surface area contributed by atoms with Gasteiger partial charge in [-0.05, 0) is 38.6 Å². The molecular weight excluding hydrogens is 398 g/mol. The van der Waals surface area contributed by atoms with Crippen molar-refractivity contribution in [2.75, 3.05) is 25.5 Å². The van der Waals surface area contributed by atoms with Crippen molar-refractivity contribution in [2.24, 2.45) is 0 Å². The van der Waals surface area contributed by atoms with Crippen LogP contribution in [0.15, 0.2) is 36.9 Å². The van der Waals surface area contributed by atoms with Crippen molar-refractivity contribution in [3.8, 4) is 0 Å². The molecule has 0 radical (unpaired) electrons. The summed E-state index contributed by atoms with van der Waals surface area (Å²) in [5.74, 6) is 0. The number of aliphatic hydroxyl groups is 1. The van der Waals surface area contributed by atoms with E-state index in [1.807, 2.05) is 11.9 Å². The molecule has 2 N–H and O–H groups in total. The lowest BCUT2D eigenvalue weighted by Gasteiger charge is -2.33. The van der Waals surface area contributed by atoms with Gasteiger partial charge in [0.1, 0.15) is 6.17 Å². The molecule has 4 nitrogen and oxygen atoms in total. The topological polar surface area (TPSA) is 48.4 Å². The van der Waals surface area contributed by atoms with Gasteiger partial charge < -0.3 is 15.3 Å². The number of fused-ring (bicyclic) bond motifs is 1. The van der Waals surface area contributed by atoms with Crippen LogP contribution in [0.5, 0.6) is 0 Å². The number of aromatic nitrogens is 1. The number of nitrogens with zero attached hydrogens (tertiary/aromatic N) is 2. The number of pyridine rings is 1. The molecule has 1 saturated heterocycles. The monoisotopic (exact) mass is 423 g/mol. The van der Waals surface area contributed by atoms with E-state index in [0.717, 1.165) is 6.54 Å². The van der Waals surface area contributed by atoms with Gasteiger partial charge in [-0.3, -0.25) is 0 Å². The number of likely N-dealkylation sites (tertiary alicyclic amines) is 1. The van der Waals surface area contributed by atoms with Crippen molar-refractivity contribution in [3.63, 3.8) is 0 Å². The largest absolute Gasteiger partial charge is 0.417 e. The summed E-state index contributed by atoms with van der Waals surface area (Å²) in [7, 11) is 1.85. The van der Waals surface area contributed by atoms with E-state index in [-0.39, 0.29) is 16.8 Å². The SMILES string of the molecule is C=C(c1nc(/C=C/C(C)O)cc2c(N[C@@H]3CCN(C)C[C@@H]3F)cccc12)C(F)(F)F. The molecule has 2 heterocycles. The Hall–Kier alpha value is -2.45. The number of aliphatic hydroxyl groups excluding tert-OH is 1. The molecule has 30 heavy (non-hydrogen) atoms. The van der Waals surface area contributed by atoms with Crippen LogP contribution in [-0.4, -0.2) is 59.6 Å². The quantitative estimate of drug-likeness (QED) is 0.687. The molecule has 1 fully saturated rings. The number of hydrogen-bond acceptors (Lipinski definition) is 4. The Balaban J connectivity index is 2.10. The van der Waals surface area contributed by atoms with Gasteiger partial charge in [-0.2, -0.15) is 13.2 Å². The summed E-state index contributed by atoms with van der Waals surface area (Å²) in [5.41, 5.74) is -0.554. The molecule has 1 aliphatic rings. The van der Waals surface area contributed by atoms with Crippen molar-refractivity contribution >= 4 is 28.1 Å². The summed E-state index contributed by atoms with van der Waals surface area (Å²) in [6.45, 7) is 5.75. The normalized spacial score (nSPS) is 21.8. The number of allylic oxidation sites excluding steroid dienone is 1. The smallest absolute Gasteiger partial charge is 0.389 e. The van der Waals surface area contributed by atoms with Crippen molar-refractivity contribution in [2.45, 2.75) is 37.8 Å². The number of alkyl halides is 4. The van der Waals surface area contributed by atoms with Gasteiger partial charge in [0.25, 0.3) is 0 Å². The maximum atomic E-state index is 14.5. The van der Waals surface area contributed by atoms with Gasteiger partial charge in [0.2, 0.25) is 0 Å². The van der Waals surface area contributed by atoms with Gasteiger partial charge in [0, 0.05) is 29.5 Å². The second-order valence-corrected chi connectivity index (χ2v) is 7.69. The summed E-state index contributed by atoms with van der Waals surface area (Å²) in [5, 5.41) is 13.4. The Labute approximate surface area is 172 Å². The Bertz CT molecular complexity index is 955. The number of piperidine rings is 1. The van der Waals surface area contributed by atoms with Crippen LogP contribution in [-0.2, 0) is 0 Å². The van der Waals surface area contributed by atoms with Crippen LogP contribution < -0.4 is 5.32 Å². The van der Waals surface area contributed by atoms with E-state index in [1.165, 1.54) is 19.1 Å². The minimum atomic E-state index is -4.64. The molecule has 1 unspecified atom stereocenters. The maximum Gasteiger partial charge on any atom is 0.417 e. The lowest BCUT2D eigenvalue weighted by Crippen LogP contribution is -2.46. The third-order valence-corrected chi connectivity index (χ3v) is 5.15. The molecule has 0 aliphatic carbocycles. The van der Waals surface area contributed by atoms with Gasteiger partial charge in [0.15, 0.2) is 0 Å². The zero-order chi connectivity index (χ0) is 22.1. The highest BCUT2D eigenvalue weighted by Crippen LogP contribution is 2.37. The van der Waals surface area contributed by atoms with Gasteiger partial charge in [-0.1, -0.05) is 24.8 Å². The first-order valence-electron chi connectivity index (χ1n) is 9.72. The standard InChI is InChI=1S/C22H25F4N3O/c1-13(30)7-8-15-11-17-16(21(27-15)14(2)22(24,25)26)5-4-6-19(17)28-20-9-10-29(3)12-18(20)23/h4-8,11,13,18,20,28,30H,2,9-10,12H2,1,3H3/b8-7+/t13?,18-,20+/m0/s1. The van der Waals surface area contributed by atoms with Gasteiger partial charge in [-0.25, -0.2) is 9.37 Å². The Morgan fingerprint density at radius 2 is 2.10 bits per heavy atom. The Morgan fingerprint density at radius 1 is 1.37 bits per heavy atom. The molecule has 0 amide bonds. The average molecular weight is 423 g/mol. The Morgan fingerprint density at radius 3 is 2.73 bits per heavy atom. The zero-order valence-corrected chi connectivity index (χ0v) is 16.9. The van der Waals surface area contributed by atoms with E-state index >= 15 is 0 Å². The summed E-state index contributed by atoms with van der Waals surface area (Å²) in [4.78, 5) is 6.03. The lowest BCUT2D eigenvalue weighted by atomic mass is 9.99. The third kappa shape index (κ3) is 4.99. The van der Waals surface area contributed by atoms with E-state index in [4.69, 9.17) is 0 Å². The number of halogens is 4. The van der Waals surface area contributed by atoms with E-state index in [9.17, 15) is 22.7 Å². The van der Waals surface area contributed by atoms with E-state index < -0.39 is 30.1 Å². The number of hydrogen-bond donors (Lipinski definition) is 2. The molecule has 2 aromatic rings. The second-order valence-electron chi connectivity index (χ2n) is 7.69. The molecule has 1 aromatic heterocycles. The zero-order valence-electron chi connectivity index (χ0n) is 16.9. The van der Waals surface area contributed by atoms with Crippen LogP contribution in [0.4, 0.5) is 23.2 Å². The predicted molar refractivity (Wildman–Crippen MR) is 112 cm³/mol. The van der Waals surface area contributed by atoms with Crippen LogP contribution in [0.25, 0.3) is 22.4 Å². The Kier molecular flexibility index (Phi) is 6.47. The van der Waals surface area contributed by atoms with Gasteiger partial charge in [0.05, 0.1) is 29.1 Å². The van der Waals surface area contributed by atoms with Gasteiger partial charge in [-0.15, -0.1) is 0 Å². The van der Waals surface area contributed by atoms with Crippen LogP contribution in [0, 0.1) is 0 Å². The van der Waals surface area contributed by atoms with E-state index in [0.29, 0.717) is 24.0 Å². The molecule has 162 valence electrons. The minimum absolute atomic E-state index is 0.248. The minimum Gasteiger partial charge on any atom is -0.389 e. The summed E-state index contributed by atoms with van der Waals surface area (Å²) < 4.78 is 54.7. The fraction of sp³-hybridized carbons (Fsp3) is 0.409. The number of anilines is 1. The molecule has 0 bridgehead atoms. The fourth-order valence-electron chi connectivity index (χ4n) is 3.53. The van der Waals surface area contributed by atoms with E-state index in [1.54, 1.807) is 24.3 Å². The number of benzene rings is 1. The molecule has 3 atom stereocenters. The maximum absolute atomic E-state index is 14.5.